The van der Waals surface area contributed by atoms with Crippen molar-refractivity contribution in [1.82, 2.24) is 14.6 Å². The second kappa shape index (κ2) is 8.11. The number of aromatic nitrogens is 3. The lowest BCUT2D eigenvalue weighted by Gasteiger charge is -2.13. The molecule has 0 aliphatic heterocycles. The minimum atomic E-state index is -0.0459. The zero-order valence-corrected chi connectivity index (χ0v) is 17.9. The Kier molecular flexibility index (Phi) is 5.36. The molecule has 4 aromatic rings. The molecule has 1 N–H and O–H groups in total. The zero-order chi connectivity index (χ0) is 21.3. The van der Waals surface area contributed by atoms with Gasteiger partial charge in [-0.15, -0.1) is 0 Å². The van der Waals surface area contributed by atoms with Crippen LogP contribution in [0.25, 0.3) is 16.8 Å². The zero-order valence-electron chi connectivity index (χ0n) is 17.9. The predicted molar refractivity (Wildman–Crippen MR) is 121 cm³/mol. The van der Waals surface area contributed by atoms with Crippen molar-refractivity contribution in [3.05, 3.63) is 82.8 Å². The fraction of sp³-hybridized carbons (Fsp3) is 0.240. The van der Waals surface area contributed by atoms with Crippen molar-refractivity contribution in [2.75, 3.05) is 5.32 Å². The highest BCUT2D eigenvalue weighted by molar-refractivity contribution is 5.93. The van der Waals surface area contributed by atoms with Gasteiger partial charge in [0.25, 0.3) is 0 Å². The SMILES string of the molecule is CCc1ccccc1NC(=O)Cc1c(C)nc2c(-c3ccccc3)c(C)nn2c1C. The number of rotatable bonds is 5. The molecule has 4 rings (SSSR count). The van der Waals surface area contributed by atoms with Crippen LogP contribution in [-0.4, -0.2) is 20.5 Å². The summed E-state index contributed by atoms with van der Waals surface area (Å²) in [6.45, 7) is 8.06. The third kappa shape index (κ3) is 3.59. The molecular formula is C25H26N4O. The lowest BCUT2D eigenvalue weighted by molar-refractivity contribution is -0.115. The van der Waals surface area contributed by atoms with Crippen molar-refractivity contribution in [2.45, 2.75) is 40.5 Å². The largest absolute Gasteiger partial charge is 0.326 e. The highest BCUT2D eigenvalue weighted by Gasteiger charge is 2.19. The van der Waals surface area contributed by atoms with E-state index in [1.165, 1.54) is 0 Å². The van der Waals surface area contributed by atoms with Gasteiger partial charge >= 0.3 is 0 Å². The van der Waals surface area contributed by atoms with Crippen LogP contribution in [0.5, 0.6) is 0 Å². The molecule has 2 aromatic heterocycles. The molecule has 0 radical (unpaired) electrons. The number of hydrogen-bond acceptors (Lipinski definition) is 3. The first-order valence-corrected chi connectivity index (χ1v) is 10.3. The monoisotopic (exact) mass is 398 g/mol. The van der Waals surface area contributed by atoms with Gasteiger partial charge in [-0.25, -0.2) is 9.50 Å². The molecule has 1 amide bonds. The van der Waals surface area contributed by atoms with Crippen LogP contribution < -0.4 is 5.32 Å². The van der Waals surface area contributed by atoms with Gasteiger partial charge in [0.2, 0.25) is 5.91 Å². The van der Waals surface area contributed by atoms with Crippen LogP contribution in [0.15, 0.2) is 54.6 Å². The third-order valence-electron chi connectivity index (χ3n) is 5.57. The van der Waals surface area contributed by atoms with Gasteiger partial charge < -0.3 is 5.32 Å². The number of benzene rings is 2. The normalized spacial score (nSPS) is 11.1. The number of carbonyl (C=O) groups is 1. The molecule has 0 unspecified atom stereocenters. The minimum Gasteiger partial charge on any atom is -0.326 e. The molecular weight excluding hydrogens is 372 g/mol. The first-order chi connectivity index (χ1) is 14.5. The summed E-state index contributed by atoms with van der Waals surface area (Å²) in [6.07, 6.45) is 1.13. The van der Waals surface area contributed by atoms with Crippen LogP contribution in [0, 0.1) is 20.8 Å². The number of anilines is 1. The van der Waals surface area contributed by atoms with Gasteiger partial charge in [0.15, 0.2) is 5.65 Å². The van der Waals surface area contributed by atoms with Crippen LogP contribution >= 0.6 is 0 Å². The Hall–Kier alpha value is -3.47. The molecule has 0 atom stereocenters. The van der Waals surface area contributed by atoms with E-state index in [0.29, 0.717) is 0 Å². The molecule has 0 aliphatic rings. The average molecular weight is 399 g/mol. The Bertz CT molecular complexity index is 1230. The molecule has 5 heteroatoms. The van der Waals surface area contributed by atoms with E-state index in [-0.39, 0.29) is 12.3 Å². The summed E-state index contributed by atoms with van der Waals surface area (Å²) in [5.74, 6) is -0.0459. The van der Waals surface area contributed by atoms with Gasteiger partial charge in [-0.2, -0.15) is 5.10 Å². The maximum atomic E-state index is 12.8. The van der Waals surface area contributed by atoms with Gasteiger partial charge in [0.05, 0.1) is 12.1 Å². The summed E-state index contributed by atoms with van der Waals surface area (Å²) in [6, 6.07) is 18.1. The second-order valence-electron chi connectivity index (χ2n) is 7.56. The summed E-state index contributed by atoms with van der Waals surface area (Å²) in [5.41, 5.74) is 8.60. The van der Waals surface area contributed by atoms with E-state index in [1.807, 2.05) is 67.8 Å². The number of fused-ring (bicyclic) bond motifs is 1. The van der Waals surface area contributed by atoms with E-state index in [2.05, 4.69) is 24.4 Å². The molecule has 5 nitrogen and oxygen atoms in total. The summed E-state index contributed by atoms with van der Waals surface area (Å²) in [5, 5.41) is 7.79. The van der Waals surface area contributed by atoms with Crippen molar-refractivity contribution >= 4 is 17.2 Å². The Balaban J connectivity index is 1.70. The Morgan fingerprint density at radius 3 is 2.40 bits per heavy atom. The van der Waals surface area contributed by atoms with Gasteiger partial charge in [-0.1, -0.05) is 55.5 Å². The molecule has 30 heavy (non-hydrogen) atoms. The molecule has 0 spiro atoms. The maximum absolute atomic E-state index is 12.8. The highest BCUT2D eigenvalue weighted by Crippen LogP contribution is 2.29. The van der Waals surface area contributed by atoms with Crippen LogP contribution in [0.4, 0.5) is 5.69 Å². The summed E-state index contributed by atoms with van der Waals surface area (Å²) in [7, 11) is 0. The number of carbonyl (C=O) groups excluding carboxylic acids is 1. The topological polar surface area (TPSA) is 59.3 Å². The Morgan fingerprint density at radius 1 is 0.967 bits per heavy atom. The maximum Gasteiger partial charge on any atom is 0.228 e. The predicted octanol–water partition coefficient (Wildman–Crippen LogP) is 5.07. The third-order valence-corrected chi connectivity index (χ3v) is 5.57. The second-order valence-corrected chi connectivity index (χ2v) is 7.56. The van der Waals surface area contributed by atoms with E-state index in [0.717, 1.165) is 57.1 Å². The van der Waals surface area contributed by atoms with Gasteiger partial charge in [0, 0.05) is 28.2 Å². The quantitative estimate of drug-likeness (QED) is 0.511. The van der Waals surface area contributed by atoms with E-state index in [4.69, 9.17) is 10.1 Å². The minimum absolute atomic E-state index is 0.0459. The first kappa shape index (κ1) is 19.8. The Labute approximate surface area is 176 Å². The van der Waals surface area contributed by atoms with Crippen molar-refractivity contribution in [3.8, 4) is 11.1 Å². The van der Waals surface area contributed by atoms with Crippen LogP contribution in [0.1, 0.15) is 35.1 Å². The van der Waals surface area contributed by atoms with E-state index >= 15 is 0 Å². The first-order valence-electron chi connectivity index (χ1n) is 10.3. The number of nitrogens with zero attached hydrogens (tertiary/aromatic N) is 3. The number of amides is 1. The van der Waals surface area contributed by atoms with Crippen molar-refractivity contribution in [1.29, 1.82) is 0 Å². The number of nitrogens with one attached hydrogen (secondary N) is 1. The Morgan fingerprint density at radius 2 is 1.67 bits per heavy atom. The van der Waals surface area contributed by atoms with Gasteiger partial charge in [-0.3, -0.25) is 4.79 Å². The van der Waals surface area contributed by atoms with Crippen LogP contribution in [0.3, 0.4) is 0 Å². The van der Waals surface area contributed by atoms with Crippen LogP contribution in [0.2, 0.25) is 0 Å². The summed E-state index contributed by atoms with van der Waals surface area (Å²) >= 11 is 0. The molecule has 0 saturated carbocycles. The van der Waals surface area contributed by atoms with E-state index < -0.39 is 0 Å². The lowest BCUT2D eigenvalue weighted by Crippen LogP contribution is -2.18. The average Bonchev–Trinajstić information content (AvgIpc) is 3.08. The fourth-order valence-corrected chi connectivity index (χ4v) is 3.97. The fourth-order valence-electron chi connectivity index (χ4n) is 3.97. The number of aryl methyl sites for hydroxylation is 4. The summed E-state index contributed by atoms with van der Waals surface area (Å²) < 4.78 is 1.87. The molecule has 2 heterocycles. The number of para-hydroxylation sites is 1. The van der Waals surface area contributed by atoms with Crippen molar-refractivity contribution in [3.63, 3.8) is 0 Å². The van der Waals surface area contributed by atoms with Crippen molar-refractivity contribution in [2.24, 2.45) is 0 Å². The van der Waals surface area contributed by atoms with E-state index in [1.54, 1.807) is 0 Å². The standard InChI is InChI=1S/C25H26N4O/c1-5-19-11-9-10-14-22(19)27-23(30)15-21-16(2)26-25-24(20-12-7-6-8-13-20)17(3)28-29(25)18(21)4/h6-14H,5,15H2,1-4H3,(H,27,30). The molecule has 0 bridgehead atoms. The molecule has 0 aliphatic carbocycles. The molecule has 2 aromatic carbocycles. The summed E-state index contributed by atoms with van der Waals surface area (Å²) in [4.78, 5) is 17.7. The molecule has 152 valence electrons. The molecule has 0 saturated heterocycles. The lowest BCUT2D eigenvalue weighted by atomic mass is 10.0. The molecule has 0 fully saturated rings. The van der Waals surface area contributed by atoms with Crippen LogP contribution in [-0.2, 0) is 17.6 Å². The van der Waals surface area contributed by atoms with Gasteiger partial charge in [-0.05, 0) is 44.4 Å². The van der Waals surface area contributed by atoms with E-state index in [9.17, 15) is 4.79 Å². The smallest absolute Gasteiger partial charge is 0.228 e. The highest BCUT2D eigenvalue weighted by atomic mass is 16.1. The number of hydrogen-bond donors (Lipinski definition) is 1. The van der Waals surface area contributed by atoms with Gasteiger partial charge in [0.1, 0.15) is 0 Å². The van der Waals surface area contributed by atoms with Crippen molar-refractivity contribution < 1.29 is 4.79 Å².